The average Bonchev–Trinajstić information content (AvgIpc) is 2.59. The molecule has 5 heteroatoms. The maximum absolute atomic E-state index is 10.4. The predicted octanol–water partition coefficient (Wildman–Crippen LogP) is 1.45. The Bertz CT molecular complexity index is 335. The van der Waals surface area contributed by atoms with Crippen LogP contribution in [0.4, 0.5) is 0 Å². The first-order chi connectivity index (χ1) is 7.02. The number of carbonyl (C=O) groups is 1. The minimum atomic E-state index is -0.789. The van der Waals surface area contributed by atoms with E-state index in [0.717, 1.165) is 11.5 Å². The van der Waals surface area contributed by atoms with Crippen LogP contribution in [-0.2, 0) is 4.79 Å². The van der Waals surface area contributed by atoms with Gasteiger partial charge in [-0.15, -0.1) is 0 Å². The molecule has 0 saturated carbocycles. The Morgan fingerprint density at radius 1 is 1.73 bits per heavy atom. The van der Waals surface area contributed by atoms with Gasteiger partial charge < -0.3 is 9.52 Å². The summed E-state index contributed by atoms with van der Waals surface area (Å²) in [5.41, 5.74) is 0.852. The summed E-state index contributed by atoms with van der Waals surface area (Å²) in [6.45, 7) is 4.34. The lowest BCUT2D eigenvalue weighted by Crippen LogP contribution is -2.25. The van der Waals surface area contributed by atoms with Crippen molar-refractivity contribution < 1.29 is 14.3 Å². The Balaban J connectivity index is 2.57. The molecule has 1 aromatic rings. The number of hydrogen-bond acceptors (Lipinski definition) is 4. The molecule has 0 spiro atoms. The van der Waals surface area contributed by atoms with Gasteiger partial charge in [0.05, 0.1) is 18.2 Å². The number of carboxylic acids is 1. The molecule has 1 rings (SSSR count). The van der Waals surface area contributed by atoms with E-state index in [2.05, 4.69) is 4.98 Å². The number of aryl methyl sites for hydroxylation is 1. The summed E-state index contributed by atoms with van der Waals surface area (Å²) in [6.07, 6.45) is 1.54. The number of aromatic nitrogens is 1. The average molecular weight is 212 g/mol. The standard InChI is InChI=1S/C10H16N2O3/c1-7-10(15-6-11-7)8(2)12(3)5-4-9(13)14/h6,8H,4-5H2,1-3H3,(H,13,14). The summed E-state index contributed by atoms with van der Waals surface area (Å²) in [7, 11) is 1.87. The van der Waals surface area contributed by atoms with Gasteiger partial charge in [-0.3, -0.25) is 9.69 Å². The SMILES string of the molecule is Cc1ncoc1C(C)N(C)CCC(=O)O. The van der Waals surface area contributed by atoms with E-state index in [0.29, 0.717) is 6.54 Å². The van der Waals surface area contributed by atoms with Crippen LogP contribution in [0, 0.1) is 6.92 Å². The number of hydrogen-bond donors (Lipinski definition) is 1. The molecule has 1 N–H and O–H groups in total. The minimum Gasteiger partial charge on any atom is -0.481 e. The van der Waals surface area contributed by atoms with Crippen LogP contribution in [0.3, 0.4) is 0 Å². The van der Waals surface area contributed by atoms with Crippen LogP contribution in [0.5, 0.6) is 0 Å². The number of aliphatic carboxylic acids is 1. The van der Waals surface area contributed by atoms with Crippen LogP contribution in [-0.4, -0.2) is 34.6 Å². The summed E-state index contributed by atoms with van der Waals surface area (Å²) >= 11 is 0. The molecular weight excluding hydrogens is 196 g/mol. The van der Waals surface area contributed by atoms with Crippen LogP contribution in [0.15, 0.2) is 10.8 Å². The first-order valence-electron chi connectivity index (χ1n) is 4.84. The molecule has 0 bridgehead atoms. The van der Waals surface area contributed by atoms with Crippen LogP contribution in [0.25, 0.3) is 0 Å². The molecule has 0 aliphatic carbocycles. The van der Waals surface area contributed by atoms with Gasteiger partial charge in [0.15, 0.2) is 6.39 Å². The van der Waals surface area contributed by atoms with Crippen molar-refractivity contribution >= 4 is 5.97 Å². The van der Waals surface area contributed by atoms with Crippen molar-refractivity contribution in [1.29, 1.82) is 0 Å². The van der Waals surface area contributed by atoms with E-state index in [-0.39, 0.29) is 12.5 Å². The van der Waals surface area contributed by atoms with Gasteiger partial charge in [0.2, 0.25) is 0 Å². The second-order valence-corrected chi connectivity index (χ2v) is 3.60. The third-order valence-corrected chi connectivity index (χ3v) is 2.50. The molecule has 1 atom stereocenters. The first-order valence-corrected chi connectivity index (χ1v) is 4.84. The largest absolute Gasteiger partial charge is 0.481 e. The Morgan fingerprint density at radius 3 is 2.87 bits per heavy atom. The van der Waals surface area contributed by atoms with Crippen LogP contribution in [0.2, 0.25) is 0 Å². The van der Waals surface area contributed by atoms with Gasteiger partial charge >= 0.3 is 5.97 Å². The Morgan fingerprint density at radius 2 is 2.40 bits per heavy atom. The topological polar surface area (TPSA) is 66.6 Å². The molecule has 15 heavy (non-hydrogen) atoms. The molecule has 0 amide bonds. The van der Waals surface area contributed by atoms with E-state index in [4.69, 9.17) is 9.52 Å². The highest BCUT2D eigenvalue weighted by Gasteiger charge is 2.17. The zero-order valence-electron chi connectivity index (χ0n) is 9.23. The lowest BCUT2D eigenvalue weighted by molar-refractivity contribution is -0.137. The molecular formula is C10H16N2O3. The number of nitrogens with zero attached hydrogens (tertiary/aromatic N) is 2. The predicted molar refractivity (Wildman–Crippen MR) is 54.5 cm³/mol. The second-order valence-electron chi connectivity index (χ2n) is 3.60. The molecule has 0 radical (unpaired) electrons. The fourth-order valence-electron chi connectivity index (χ4n) is 1.38. The van der Waals surface area contributed by atoms with Crippen LogP contribution >= 0.6 is 0 Å². The monoisotopic (exact) mass is 212 g/mol. The molecule has 1 heterocycles. The van der Waals surface area contributed by atoms with Gasteiger partial charge in [-0.25, -0.2) is 4.98 Å². The molecule has 0 aliphatic rings. The first kappa shape index (κ1) is 11.7. The molecule has 5 nitrogen and oxygen atoms in total. The molecule has 1 unspecified atom stereocenters. The van der Waals surface area contributed by atoms with Crippen molar-refractivity contribution in [1.82, 2.24) is 9.88 Å². The van der Waals surface area contributed by atoms with Crippen molar-refractivity contribution in [2.75, 3.05) is 13.6 Å². The van der Waals surface area contributed by atoms with Crippen LogP contribution < -0.4 is 0 Å². The van der Waals surface area contributed by atoms with Gasteiger partial charge in [-0.05, 0) is 20.9 Å². The maximum Gasteiger partial charge on any atom is 0.304 e. The van der Waals surface area contributed by atoms with Gasteiger partial charge in [0.25, 0.3) is 0 Å². The zero-order chi connectivity index (χ0) is 11.4. The van der Waals surface area contributed by atoms with E-state index >= 15 is 0 Å². The maximum atomic E-state index is 10.4. The van der Waals surface area contributed by atoms with Crippen molar-refractivity contribution in [3.8, 4) is 0 Å². The van der Waals surface area contributed by atoms with Crippen molar-refractivity contribution in [2.45, 2.75) is 26.3 Å². The minimum absolute atomic E-state index is 0.0480. The van der Waals surface area contributed by atoms with Crippen molar-refractivity contribution in [3.05, 3.63) is 17.8 Å². The zero-order valence-corrected chi connectivity index (χ0v) is 9.23. The van der Waals surface area contributed by atoms with E-state index in [9.17, 15) is 4.79 Å². The van der Waals surface area contributed by atoms with Gasteiger partial charge in [0.1, 0.15) is 5.76 Å². The van der Waals surface area contributed by atoms with Gasteiger partial charge in [-0.1, -0.05) is 0 Å². The van der Waals surface area contributed by atoms with E-state index in [1.807, 2.05) is 25.8 Å². The number of rotatable bonds is 5. The third-order valence-electron chi connectivity index (χ3n) is 2.50. The Hall–Kier alpha value is -1.36. The summed E-state index contributed by atoms with van der Waals surface area (Å²) in [5.74, 6) is 0.00577. The summed E-state index contributed by atoms with van der Waals surface area (Å²) in [4.78, 5) is 16.4. The van der Waals surface area contributed by atoms with Crippen molar-refractivity contribution in [3.63, 3.8) is 0 Å². The van der Waals surface area contributed by atoms with Gasteiger partial charge in [0, 0.05) is 6.54 Å². The normalized spacial score (nSPS) is 13.1. The Kier molecular flexibility index (Phi) is 3.85. The number of oxazole rings is 1. The lowest BCUT2D eigenvalue weighted by Gasteiger charge is -2.22. The molecule has 1 aromatic heterocycles. The fourth-order valence-corrected chi connectivity index (χ4v) is 1.38. The Labute approximate surface area is 88.7 Å². The lowest BCUT2D eigenvalue weighted by atomic mass is 10.2. The third kappa shape index (κ3) is 3.06. The molecule has 0 saturated heterocycles. The molecule has 84 valence electrons. The molecule has 0 fully saturated rings. The van der Waals surface area contributed by atoms with E-state index in [1.165, 1.54) is 6.39 Å². The highest BCUT2D eigenvalue weighted by atomic mass is 16.4. The smallest absolute Gasteiger partial charge is 0.304 e. The summed E-state index contributed by atoms with van der Waals surface area (Å²) < 4.78 is 5.25. The summed E-state index contributed by atoms with van der Waals surface area (Å²) in [6, 6.07) is 0.0480. The molecule has 0 aromatic carbocycles. The van der Waals surface area contributed by atoms with E-state index < -0.39 is 5.97 Å². The highest BCUT2D eigenvalue weighted by Crippen LogP contribution is 2.21. The quantitative estimate of drug-likeness (QED) is 0.800. The highest BCUT2D eigenvalue weighted by molar-refractivity contribution is 5.66. The van der Waals surface area contributed by atoms with Crippen molar-refractivity contribution in [2.24, 2.45) is 0 Å². The van der Waals surface area contributed by atoms with Crippen LogP contribution in [0.1, 0.15) is 30.8 Å². The number of carboxylic acid groups (broad SMARTS) is 1. The molecule has 0 aliphatic heterocycles. The van der Waals surface area contributed by atoms with E-state index in [1.54, 1.807) is 0 Å². The summed E-state index contributed by atoms with van der Waals surface area (Å²) in [5, 5.41) is 8.57. The second kappa shape index (κ2) is 4.93. The fraction of sp³-hybridized carbons (Fsp3) is 0.600. The van der Waals surface area contributed by atoms with Gasteiger partial charge in [-0.2, -0.15) is 0 Å².